The minimum Gasteiger partial charge on any atom is -0.356 e. The van der Waals surface area contributed by atoms with Gasteiger partial charge in [-0.05, 0) is 48.0 Å². The van der Waals surface area contributed by atoms with E-state index in [9.17, 15) is 16.8 Å². The first kappa shape index (κ1) is 24.5. The molecule has 0 N–H and O–H groups in total. The van der Waals surface area contributed by atoms with E-state index in [1.54, 1.807) is 36.4 Å². The molecule has 4 rings (SSSR count). The van der Waals surface area contributed by atoms with Gasteiger partial charge in [0.05, 0.1) is 23.1 Å². The van der Waals surface area contributed by atoms with Crippen molar-refractivity contribution < 1.29 is 36.3 Å². The largest absolute Gasteiger partial charge is 2.00 e. The first-order chi connectivity index (χ1) is 15.3. The van der Waals surface area contributed by atoms with Crippen molar-refractivity contribution in [1.82, 2.24) is 29.5 Å². The standard InChI is InChI=1S/C18H16N8O4S2.Zn/c27-31(28,23-17-7-11-21-25(17)15-5-1-3-9-19-15)13-14-32(29,30)24-18-8-12-22-26(18)16-6-2-4-10-20-16;/h1-12H,13-14H2;/q-2;+2. The van der Waals surface area contributed by atoms with Crippen molar-refractivity contribution in [3.05, 3.63) is 82.8 Å². The van der Waals surface area contributed by atoms with Crippen LogP contribution in [0.15, 0.2) is 73.3 Å². The average Bonchev–Trinajstić information content (AvgIpc) is 3.43. The number of aromatic nitrogens is 6. The summed E-state index contributed by atoms with van der Waals surface area (Å²) >= 11 is 0. The maximum absolute atomic E-state index is 12.5. The van der Waals surface area contributed by atoms with Crippen LogP contribution in [0.3, 0.4) is 0 Å². The molecule has 0 saturated heterocycles. The van der Waals surface area contributed by atoms with Crippen LogP contribution in [0.25, 0.3) is 21.1 Å². The minimum atomic E-state index is -4.15. The molecule has 4 aromatic rings. The topological polar surface area (TPSA) is 158 Å². The molecule has 0 aliphatic carbocycles. The smallest absolute Gasteiger partial charge is 0.356 e. The zero-order chi connectivity index (χ0) is 22.6. The van der Waals surface area contributed by atoms with Gasteiger partial charge in [0, 0.05) is 24.8 Å². The molecular formula is C18H16N8O4S2Zn. The Labute approximate surface area is 202 Å². The van der Waals surface area contributed by atoms with Crippen LogP contribution in [-0.4, -0.2) is 57.9 Å². The van der Waals surface area contributed by atoms with Gasteiger partial charge in [0.1, 0.15) is 0 Å². The summed E-state index contributed by atoms with van der Waals surface area (Å²) in [5.74, 6) is -0.764. The Hall–Kier alpha value is -3.16. The molecule has 15 heteroatoms. The Balaban J connectivity index is 0.00000306. The number of hydrogen-bond donors (Lipinski definition) is 0. The zero-order valence-corrected chi connectivity index (χ0v) is 21.7. The third-order valence-corrected chi connectivity index (χ3v) is 6.67. The second kappa shape index (κ2) is 10.2. The van der Waals surface area contributed by atoms with Gasteiger partial charge in [-0.1, -0.05) is 12.1 Å². The van der Waals surface area contributed by atoms with Crippen molar-refractivity contribution in [2.75, 3.05) is 11.5 Å². The maximum atomic E-state index is 12.5. The van der Waals surface area contributed by atoms with E-state index in [4.69, 9.17) is 0 Å². The Bertz CT molecular complexity index is 1300. The molecule has 0 unspecified atom stereocenters. The van der Waals surface area contributed by atoms with Gasteiger partial charge in [0.2, 0.25) is 0 Å². The summed E-state index contributed by atoms with van der Waals surface area (Å²) in [5.41, 5.74) is 0. The number of nitrogens with zero attached hydrogens (tertiary/aromatic N) is 8. The first-order valence-electron chi connectivity index (χ1n) is 9.15. The van der Waals surface area contributed by atoms with Crippen LogP contribution in [0.5, 0.6) is 0 Å². The fraction of sp³-hybridized carbons (Fsp3) is 0.111. The molecule has 0 fully saturated rings. The minimum absolute atomic E-state index is 0. The molecule has 166 valence electrons. The van der Waals surface area contributed by atoms with Crippen LogP contribution in [0, 0.1) is 0 Å². The van der Waals surface area contributed by atoms with Crippen LogP contribution in [-0.2, 0) is 39.5 Å². The van der Waals surface area contributed by atoms with Gasteiger partial charge in [-0.15, -0.1) is 0 Å². The molecule has 0 spiro atoms. The summed E-state index contributed by atoms with van der Waals surface area (Å²) in [7, 11) is -8.29. The van der Waals surface area contributed by atoms with Crippen molar-refractivity contribution in [3.8, 4) is 11.6 Å². The Morgan fingerprint density at radius 1 is 0.636 bits per heavy atom. The second-order valence-electron chi connectivity index (χ2n) is 6.33. The molecule has 4 aromatic heterocycles. The molecular weight excluding hydrogens is 522 g/mol. The molecule has 33 heavy (non-hydrogen) atoms. The van der Waals surface area contributed by atoms with E-state index in [1.165, 1.54) is 46.3 Å². The van der Waals surface area contributed by atoms with E-state index >= 15 is 0 Å². The summed E-state index contributed by atoms with van der Waals surface area (Å²) in [6, 6.07) is 12.9. The SMILES string of the molecule is O=S(=O)(CCS(=O)(=O)[N-]c1ccnn1-c1ccccn1)[N-]c1ccnn1-c1ccccn1.[Zn+2]. The average molecular weight is 538 g/mol. The summed E-state index contributed by atoms with van der Waals surface area (Å²) in [5, 5.41) is 8.02. The summed E-state index contributed by atoms with van der Waals surface area (Å²) in [6.45, 7) is 0. The van der Waals surface area contributed by atoms with Crippen LogP contribution in [0.1, 0.15) is 0 Å². The van der Waals surface area contributed by atoms with Crippen molar-refractivity contribution in [2.24, 2.45) is 0 Å². The number of pyridine rings is 2. The maximum Gasteiger partial charge on any atom is 2.00 e. The van der Waals surface area contributed by atoms with Crippen LogP contribution in [0.2, 0.25) is 0 Å². The normalized spacial score (nSPS) is 11.5. The summed E-state index contributed by atoms with van der Waals surface area (Å²) in [4.78, 5) is 8.19. The van der Waals surface area contributed by atoms with Crippen molar-refractivity contribution >= 4 is 31.7 Å². The second-order valence-corrected chi connectivity index (χ2v) is 9.84. The van der Waals surface area contributed by atoms with Gasteiger partial charge < -0.3 is 18.8 Å². The molecule has 0 aliphatic heterocycles. The number of sulfonamides is 2. The Morgan fingerprint density at radius 2 is 1.06 bits per heavy atom. The number of hydrogen-bond acceptors (Lipinski definition) is 8. The van der Waals surface area contributed by atoms with E-state index in [0.29, 0.717) is 11.6 Å². The molecule has 0 aromatic carbocycles. The van der Waals surface area contributed by atoms with Gasteiger partial charge in [0.25, 0.3) is 0 Å². The van der Waals surface area contributed by atoms with Gasteiger partial charge >= 0.3 is 19.5 Å². The van der Waals surface area contributed by atoms with Gasteiger partial charge in [-0.2, -0.15) is 0 Å². The van der Waals surface area contributed by atoms with E-state index in [2.05, 4.69) is 29.6 Å². The van der Waals surface area contributed by atoms with E-state index in [0.717, 1.165) is 0 Å². The molecule has 0 saturated carbocycles. The van der Waals surface area contributed by atoms with E-state index in [1.807, 2.05) is 0 Å². The fourth-order valence-corrected chi connectivity index (χ4v) is 5.34. The van der Waals surface area contributed by atoms with E-state index < -0.39 is 31.6 Å². The number of rotatable bonds is 9. The van der Waals surface area contributed by atoms with Gasteiger partial charge in [0.15, 0.2) is 20.0 Å². The fourth-order valence-electron chi connectivity index (χ4n) is 2.63. The van der Waals surface area contributed by atoms with Crippen molar-refractivity contribution in [2.45, 2.75) is 0 Å². The molecule has 12 nitrogen and oxygen atoms in total. The first-order valence-corrected chi connectivity index (χ1v) is 12.4. The molecule has 0 radical (unpaired) electrons. The van der Waals surface area contributed by atoms with Crippen LogP contribution < -0.4 is 0 Å². The van der Waals surface area contributed by atoms with E-state index in [-0.39, 0.29) is 31.1 Å². The zero-order valence-electron chi connectivity index (χ0n) is 17.1. The van der Waals surface area contributed by atoms with Crippen LogP contribution >= 0.6 is 0 Å². The Kier molecular flexibility index (Phi) is 7.56. The third-order valence-electron chi connectivity index (χ3n) is 4.04. The summed E-state index contributed by atoms with van der Waals surface area (Å²) < 4.78 is 59.7. The molecule has 4 heterocycles. The molecule has 0 atom stereocenters. The van der Waals surface area contributed by atoms with Crippen LogP contribution in [0.4, 0.5) is 11.6 Å². The quantitative estimate of drug-likeness (QED) is 0.294. The third kappa shape index (κ3) is 6.21. The predicted octanol–water partition coefficient (Wildman–Crippen LogP) is 2.22. The molecule has 0 bridgehead atoms. The Morgan fingerprint density at radius 3 is 1.42 bits per heavy atom. The van der Waals surface area contributed by atoms with Crippen molar-refractivity contribution in [3.63, 3.8) is 0 Å². The predicted molar refractivity (Wildman–Crippen MR) is 116 cm³/mol. The summed E-state index contributed by atoms with van der Waals surface area (Å²) in [6.07, 6.45) is 5.79. The van der Waals surface area contributed by atoms with Gasteiger partial charge in [-0.3, -0.25) is 20.2 Å². The molecule has 0 amide bonds. The van der Waals surface area contributed by atoms with Gasteiger partial charge in [-0.25, -0.2) is 16.8 Å². The monoisotopic (exact) mass is 536 g/mol. The molecule has 0 aliphatic rings. The van der Waals surface area contributed by atoms with Crippen molar-refractivity contribution in [1.29, 1.82) is 0 Å².